The third-order valence-corrected chi connectivity index (χ3v) is 5.78. The molecule has 3 heterocycles. The number of hydrogen-bond acceptors (Lipinski definition) is 7. The third-order valence-electron chi connectivity index (χ3n) is 3.67. The second kappa shape index (κ2) is 7.13. The van der Waals surface area contributed by atoms with Gasteiger partial charge in [-0.1, -0.05) is 30.0 Å². The second-order valence-electron chi connectivity index (χ2n) is 5.21. The molecule has 0 amide bonds. The van der Waals surface area contributed by atoms with Gasteiger partial charge in [0, 0.05) is 29.5 Å². The van der Waals surface area contributed by atoms with Gasteiger partial charge in [0.2, 0.25) is 5.28 Å². The predicted octanol–water partition coefficient (Wildman–Crippen LogP) is 3.78. The first-order chi connectivity index (χ1) is 11.8. The Kier molecular flexibility index (Phi) is 4.73. The van der Waals surface area contributed by atoms with Gasteiger partial charge in [-0.25, -0.2) is 15.0 Å². The smallest absolute Gasteiger partial charge is 0.225 e. The molecule has 122 valence electrons. The molecule has 4 rings (SSSR count). The fraction of sp³-hybridized carbons (Fsp3) is 0.250. The molecule has 8 heteroatoms. The van der Waals surface area contributed by atoms with Crippen LogP contribution >= 0.6 is 35.1 Å². The molecule has 1 aliphatic rings. The van der Waals surface area contributed by atoms with Crippen LogP contribution in [0.4, 0.5) is 5.82 Å². The van der Waals surface area contributed by atoms with Crippen LogP contribution < -0.4 is 4.90 Å². The maximum atomic E-state index is 6.20. The minimum atomic E-state index is 0.237. The molecule has 5 nitrogen and oxygen atoms in total. The molecule has 1 aliphatic heterocycles. The van der Waals surface area contributed by atoms with E-state index >= 15 is 0 Å². The van der Waals surface area contributed by atoms with E-state index in [0.717, 1.165) is 45.9 Å². The number of hydrogen-bond donors (Lipinski definition) is 0. The fourth-order valence-corrected chi connectivity index (χ4v) is 4.48. The van der Waals surface area contributed by atoms with Crippen molar-refractivity contribution in [1.29, 1.82) is 0 Å². The van der Waals surface area contributed by atoms with E-state index in [1.807, 2.05) is 42.1 Å². The molecule has 0 spiro atoms. The molecule has 1 saturated heterocycles. The van der Waals surface area contributed by atoms with Gasteiger partial charge in [-0.2, -0.15) is 16.7 Å². The average molecular weight is 376 g/mol. The average Bonchev–Trinajstić information content (AvgIpc) is 2.63. The molecule has 0 unspecified atom stereocenters. The topological polar surface area (TPSA) is 54.8 Å². The first-order valence-electron chi connectivity index (χ1n) is 7.55. The lowest BCUT2D eigenvalue weighted by atomic mass is 10.3. The highest BCUT2D eigenvalue weighted by molar-refractivity contribution is 7.99. The van der Waals surface area contributed by atoms with Gasteiger partial charge < -0.3 is 4.90 Å². The molecule has 0 atom stereocenters. The summed E-state index contributed by atoms with van der Waals surface area (Å²) in [6, 6.07) is 10.1. The van der Waals surface area contributed by atoms with Crippen LogP contribution in [-0.4, -0.2) is 44.5 Å². The largest absolute Gasteiger partial charge is 0.353 e. The highest BCUT2D eigenvalue weighted by Crippen LogP contribution is 2.33. The van der Waals surface area contributed by atoms with Crippen molar-refractivity contribution in [2.45, 2.75) is 9.92 Å². The molecule has 2 aromatic heterocycles. The van der Waals surface area contributed by atoms with Gasteiger partial charge in [-0.3, -0.25) is 0 Å². The Morgan fingerprint density at radius 2 is 1.79 bits per heavy atom. The third kappa shape index (κ3) is 3.29. The Balaban J connectivity index is 1.80. The Morgan fingerprint density at radius 3 is 2.58 bits per heavy atom. The summed E-state index contributed by atoms with van der Waals surface area (Å²) in [6.07, 6.45) is 1.58. The minimum Gasteiger partial charge on any atom is -0.353 e. The molecule has 24 heavy (non-hydrogen) atoms. The van der Waals surface area contributed by atoms with Crippen LogP contribution in [0.1, 0.15) is 0 Å². The molecule has 0 N–H and O–H groups in total. The summed E-state index contributed by atoms with van der Waals surface area (Å²) in [5, 5.41) is 1.03. The summed E-state index contributed by atoms with van der Waals surface area (Å²) in [7, 11) is 0. The highest BCUT2D eigenvalue weighted by Gasteiger charge is 2.20. The van der Waals surface area contributed by atoms with E-state index in [9.17, 15) is 0 Å². The van der Waals surface area contributed by atoms with Crippen LogP contribution in [0.3, 0.4) is 0 Å². The summed E-state index contributed by atoms with van der Waals surface area (Å²) in [5.74, 6) is 2.97. The highest BCUT2D eigenvalue weighted by atomic mass is 35.5. The molecule has 0 bridgehead atoms. The molecular weight excluding hydrogens is 362 g/mol. The summed E-state index contributed by atoms with van der Waals surface area (Å²) >= 11 is 9.71. The van der Waals surface area contributed by atoms with Gasteiger partial charge in [0.05, 0.1) is 0 Å². The summed E-state index contributed by atoms with van der Waals surface area (Å²) in [4.78, 5) is 21.0. The van der Waals surface area contributed by atoms with Crippen molar-refractivity contribution in [3.63, 3.8) is 0 Å². The van der Waals surface area contributed by atoms with Crippen molar-refractivity contribution in [2.75, 3.05) is 29.5 Å². The zero-order chi connectivity index (χ0) is 16.4. The van der Waals surface area contributed by atoms with Gasteiger partial charge >= 0.3 is 0 Å². The van der Waals surface area contributed by atoms with Crippen molar-refractivity contribution in [1.82, 2.24) is 19.9 Å². The van der Waals surface area contributed by atoms with Gasteiger partial charge in [0.15, 0.2) is 5.82 Å². The molecule has 1 fully saturated rings. The van der Waals surface area contributed by atoms with Crippen molar-refractivity contribution in [3.8, 4) is 0 Å². The maximum Gasteiger partial charge on any atom is 0.225 e. The monoisotopic (exact) mass is 375 g/mol. The predicted molar refractivity (Wildman–Crippen MR) is 100 cm³/mol. The molecule has 0 aliphatic carbocycles. The van der Waals surface area contributed by atoms with Crippen LogP contribution in [-0.2, 0) is 0 Å². The van der Waals surface area contributed by atoms with Crippen LogP contribution in [0.2, 0.25) is 5.28 Å². The number of fused-ring (bicyclic) bond motifs is 1. The van der Waals surface area contributed by atoms with Crippen LogP contribution in [0, 0.1) is 0 Å². The van der Waals surface area contributed by atoms with Crippen molar-refractivity contribution < 1.29 is 0 Å². The summed E-state index contributed by atoms with van der Waals surface area (Å²) in [5.41, 5.74) is 1.47. The molecule has 3 aromatic rings. The Labute approximate surface area is 153 Å². The Bertz CT molecular complexity index is 856. The lowest BCUT2D eigenvalue weighted by molar-refractivity contribution is 0.838. The Hall–Kier alpha value is -1.57. The van der Waals surface area contributed by atoms with E-state index in [4.69, 9.17) is 11.6 Å². The fourth-order valence-electron chi connectivity index (χ4n) is 2.56. The van der Waals surface area contributed by atoms with E-state index in [-0.39, 0.29) is 5.28 Å². The lowest BCUT2D eigenvalue weighted by Gasteiger charge is -2.27. The van der Waals surface area contributed by atoms with E-state index in [1.165, 1.54) is 0 Å². The summed E-state index contributed by atoms with van der Waals surface area (Å²) in [6.45, 7) is 1.89. The number of halogens is 1. The first-order valence-corrected chi connectivity index (χ1v) is 9.90. The number of nitrogens with zero attached hydrogens (tertiary/aromatic N) is 5. The van der Waals surface area contributed by atoms with E-state index in [2.05, 4.69) is 24.8 Å². The van der Waals surface area contributed by atoms with Crippen molar-refractivity contribution in [3.05, 3.63) is 41.9 Å². The molecule has 0 radical (unpaired) electrons. The standard InChI is InChI=1S/C16H14ClN5S2/c17-16-20-13-12(14(21-16)22-6-8-23-9-7-22)18-10-19-15(13)24-11-4-2-1-3-5-11/h1-5,10H,6-9H2. The summed E-state index contributed by atoms with van der Waals surface area (Å²) < 4.78 is 0. The van der Waals surface area contributed by atoms with E-state index < -0.39 is 0 Å². The van der Waals surface area contributed by atoms with Crippen molar-refractivity contribution in [2.24, 2.45) is 0 Å². The van der Waals surface area contributed by atoms with Gasteiger partial charge in [0.1, 0.15) is 22.4 Å². The molecular formula is C16H14ClN5S2. The molecule has 0 saturated carbocycles. The van der Waals surface area contributed by atoms with Gasteiger partial charge in [0.25, 0.3) is 0 Å². The quantitative estimate of drug-likeness (QED) is 0.510. The normalized spacial score (nSPS) is 15.0. The number of rotatable bonds is 3. The SMILES string of the molecule is Clc1nc(N2CCSCC2)c2ncnc(Sc3ccccc3)c2n1. The second-order valence-corrected chi connectivity index (χ2v) is 7.83. The van der Waals surface area contributed by atoms with Crippen LogP contribution in [0.25, 0.3) is 11.0 Å². The zero-order valence-corrected chi connectivity index (χ0v) is 15.1. The number of aromatic nitrogens is 4. The lowest BCUT2D eigenvalue weighted by Crippen LogP contribution is -2.33. The van der Waals surface area contributed by atoms with Gasteiger partial charge in [-0.05, 0) is 23.7 Å². The van der Waals surface area contributed by atoms with Crippen LogP contribution in [0.15, 0.2) is 46.6 Å². The first kappa shape index (κ1) is 15.9. The van der Waals surface area contributed by atoms with Gasteiger partial charge in [-0.15, -0.1) is 0 Å². The van der Waals surface area contributed by atoms with E-state index in [1.54, 1.807) is 18.1 Å². The number of benzene rings is 1. The van der Waals surface area contributed by atoms with E-state index in [0.29, 0.717) is 5.52 Å². The van der Waals surface area contributed by atoms with Crippen molar-refractivity contribution >= 4 is 52.0 Å². The van der Waals surface area contributed by atoms with Crippen LogP contribution in [0.5, 0.6) is 0 Å². The number of thioether (sulfide) groups is 1. The maximum absolute atomic E-state index is 6.20. The number of anilines is 1. The molecule has 1 aromatic carbocycles. The Morgan fingerprint density at radius 1 is 1.00 bits per heavy atom. The zero-order valence-electron chi connectivity index (χ0n) is 12.7. The minimum absolute atomic E-state index is 0.237.